The van der Waals surface area contributed by atoms with Crippen LogP contribution >= 0.6 is 0 Å². The van der Waals surface area contributed by atoms with Crippen molar-refractivity contribution in [1.29, 1.82) is 0 Å². The molecule has 1 atom stereocenters. The van der Waals surface area contributed by atoms with Gasteiger partial charge in [0.25, 0.3) is 0 Å². The Balaban J connectivity index is 2.07. The number of rotatable bonds is 3. The molecule has 4 heteroatoms. The molecule has 4 nitrogen and oxygen atoms in total. The second-order valence-electron chi connectivity index (χ2n) is 6.09. The normalized spacial score (nSPS) is 20.2. The minimum absolute atomic E-state index is 0.381. The maximum atomic E-state index is 4.39. The fourth-order valence-corrected chi connectivity index (χ4v) is 2.47. The molecule has 1 aliphatic heterocycles. The van der Waals surface area contributed by atoms with Crippen molar-refractivity contribution in [2.24, 2.45) is 11.3 Å². The van der Waals surface area contributed by atoms with Gasteiger partial charge in [-0.1, -0.05) is 20.8 Å². The molecule has 0 spiro atoms. The van der Waals surface area contributed by atoms with Gasteiger partial charge in [-0.3, -0.25) is 0 Å². The van der Waals surface area contributed by atoms with E-state index in [1.165, 1.54) is 6.42 Å². The summed E-state index contributed by atoms with van der Waals surface area (Å²) in [5.74, 6) is 2.71. The third-order valence-corrected chi connectivity index (χ3v) is 3.75. The van der Waals surface area contributed by atoms with Crippen LogP contribution in [0.1, 0.15) is 34.1 Å². The molecule has 2 rings (SSSR count). The van der Waals surface area contributed by atoms with Crippen LogP contribution in [0.25, 0.3) is 0 Å². The monoisotopic (exact) mass is 248 g/mol. The Morgan fingerprint density at radius 1 is 1.39 bits per heavy atom. The number of aromatic nitrogens is 2. The van der Waals surface area contributed by atoms with E-state index in [9.17, 15) is 0 Å². The first-order valence-corrected chi connectivity index (χ1v) is 6.81. The van der Waals surface area contributed by atoms with E-state index in [0.29, 0.717) is 5.41 Å². The van der Waals surface area contributed by atoms with Gasteiger partial charge in [0.1, 0.15) is 18.0 Å². The lowest BCUT2D eigenvalue weighted by atomic mass is 9.80. The number of nitrogens with zero attached hydrogens (tertiary/aromatic N) is 3. The minimum atomic E-state index is 0.381. The minimum Gasteiger partial charge on any atom is -0.370 e. The molecule has 100 valence electrons. The molecule has 1 aromatic rings. The summed E-state index contributed by atoms with van der Waals surface area (Å²) >= 11 is 0. The number of nitrogens with one attached hydrogen (secondary N) is 1. The Labute approximate surface area is 110 Å². The van der Waals surface area contributed by atoms with Crippen LogP contribution in [0.4, 0.5) is 11.6 Å². The summed E-state index contributed by atoms with van der Waals surface area (Å²) in [5.41, 5.74) is 0.381. The zero-order valence-electron chi connectivity index (χ0n) is 11.9. The Hall–Kier alpha value is -1.32. The molecule has 1 N–H and O–H groups in total. The summed E-state index contributed by atoms with van der Waals surface area (Å²) in [5, 5.41) is 3.24. The SMILES string of the molecule is CCNc1cc(N2CCC(C(C)(C)C)C2)ncn1. The number of anilines is 2. The highest BCUT2D eigenvalue weighted by Crippen LogP contribution is 2.35. The van der Waals surface area contributed by atoms with Crippen LogP contribution in [0.3, 0.4) is 0 Å². The largest absolute Gasteiger partial charge is 0.370 e. The molecule has 1 unspecified atom stereocenters. The van der Waals surface area contributed by atoms with Gasteiger partial charge in [-0.15, -0.1) is 0 Å². The van der Waals surface area contributed by atoms with Crippen molar-refractivity contribution in [1.82, 2.24) is 9.97 Å². The predicted molar refractivity (Wildman–Crippen MR) is 76.0 cm³/mol. The Morgan fingerprint density at radius 3 is 2.78 bits per heavy atom. The summed E-state index contributed by atoms with van der Waals surface area (Å²) in [6.45, 7) is 12.1. The molecule has 0 aliphatic carbocycles. The Bertz CT molecular complexity index is 397. The van der Waals surface area contributed by atoms with E-state index in [4.69, 9.17) is 0 Å². The standard InChI is InChI=1S/C14H24N4/c1-5-15-12-8-13(17-10-16-12)18-7-6-11(9-18)14(2,3)4/h8,10-11H,5-7,9H2,1-4H3,(H,15,16,17). The summed E-state index contributed by atoms with van der Waals surface area (Å²) in [6.07, 6.45) is 2.90. The molecule has 0 bridgehead atoms. The van der Waals surface area contributed by atoms with Gasteiger partial charge < -0.3 is 10.2 Å². The third kappa shape index (κ3) is 2.92. The van der Waals surface area contributed by atoms with Crippen LogP contribution in [0, 0.1) is 11.3 Å². The molecule has 1 saturated heterocycles. The lowest BCUT2D eigenvalue weighted by Crippen LogP contribution is -2.26. The van der Waals surface area contributed by atoms with Gasteiger partial charge in [0.15, 0.2) is 0 Å². The maximum Gasteiger partial charge on any atom is 0.134 e. The van der Waals surface area contributed by atoms with E-state index in [1.54, 1.807) is 6.33 Å². The van der Waals surface area contributed by atoms with Crippen LogP contribution in [0.2, 0.25) is 0 Å². The lowest BCUT2D eigenvalue weighted by molar-refractivity contribution is 0.263. The molecule has 0 radical (unpaired) electrons. The van der Waals surface area contributed by atoms with E-state index in [2.05, 4.69) is 53.9 Å². The Kier molecular flexibility index (Phi) is 3.73. The van der Waals surface area contributed by atoms with Crippen LogP contribution < -0.4 is 10.2 Å². The van der Waals surface area contributed by atoms with Gasteiger partial charge in [0, 0.05) is 25.7 Å². The van der Waals surface area contributed by atoms with E-state index in [0.717, 1.165) is 37.2 Å². The predicted octanol–water partition coefficient (Wildman–Crippen LogP) is 2.78. The molecular weight excluding hydrogens is 224 g/mol. The molecule has 2 heterocycles. The first-order chi connectivity index (χ1) is 8.50. The Morgan fingerprint density at radius 2 is 2.17 bits per heavy atom. The number of hydrogen-bond donors (Lipinski definition) is 1. The van der Waals surface area contributed by atoms with Gasteiger partial charge in [-0.05, 0) is 24.7 Å². The van der Waals surface area contributed by atoms with Crippen LogP contribution in [-0.4, -0.2) is 29.6 Å². The summed E-state index contributed by atoms with van der Waals surface area (Å²) < 4.78 is 0. The van der Waals surface area contributed by atoms with Crippen LogP contribution in [-0.2, 0) is 0 Å². The van der Waals surface area contributed by atoms with E-state index in [1.807, 2.05) is 0 Å². The zero-order valence-corrected chi connectivity index (χ0v) is 11.9. The van der Waals surface area contributed by atoms with E-state index < -0.39 is 0 Å². The first-order valence-electron chi connectivity index (χ1n) is 6.81. The topological polar surface area (TPSA) is 41.0 Å². The van der Waals surface area contributed by atoms with Gasteiger partial charge in [0.2, 0.25) is 0 Å². The summed E-state index contributed by atoms with van der Waals surface area (Å²) in [6, 6.07) is 2.05. The van der Waals surface area contributed by atoms with Crippen LogP contribution in [0.5, 0.6) is 0 Å². The molecule has 1 fully saturated rings. The van der Waals surface area contributed by atoms with Crippen molar-refractivity contribution < 1.29 is 0 Å². The fraction of sp³-hybridized carbons (Fsp3) is 0.714. The quantitative estimate of drug-likeness (QED) is 0.893. The van der Waals surface area contributed by atoms with E-state index in [-0.39, 0.29) is 0 Å². The highest BCUT2D eigenvalue weighted by molar-refractivity contribution is 5.49. The smallest absolute Gasteiger partial charge is 0.134 e. The highest BCUT2D eigenvalue weighted by Gasteiger charge is 2.32. The van der Waals surface area contributed by atoms with Gasteiger partial charge in [0.05, 0.1) is 0 Å². The van der Waals surface area contributed by atoms with Crippen molar-refractivity contribution in [2.45, 2.75) is 34.1 Å². The summed E-state index contributed by atoms with van der Waals surface area (Å²) in [4.78, 5) is 11.0. The molecule has 18 heavy (non-hydrogen) atoms. The van der Waals surface area contributed by atoms with Crippen molar-refractivity contribution in [3.05, 3.63) is 12.4 Å². The summed E-state index contributed by atoms with van der Waals surface area (Å²) in [7, 11) is 0. The maximum absolute atomic E-state index is 4.39. The lowest BCUT2D eigenvalue weighted by Gasteiger charge is -2.27. The first kappa shape index (κ1) is 13.1. The molecular formula is C14H24N4. The van der Waals surface area contributed by atoms with Crippen molar-refractivity contribution in [3.63, 3.8) is 0 Å². The molecule has 1 aromatic heterocycles. The second kappa shape index (κ2) is 5.12. The van der Waals surface area contributed by atoms with Crippen molar-refractivity contribution >= 4 is 11.6 Å². The third-order valence-electron chi connectivity index (χ3n) is 3.75. The number of hydrogen-bond acceptors (Lipinski definition) is 4. The van der Waals surface area contributed by atoms with Crippen LogP contribution in [0.15, 0.2) is 12.4 Å². The highest BCUT2D eigenvalue weighted by atomic mass is 15.2. The van der Waals surface area contributed by atoms with Gasteiger partial charge in [-0.2, -0.15) is 0 Å². The molecule has 0 saturated carbocycles. The van der Waals surface area contributed by atoms with Gasteiger partial charge >= 0.3 is 0 Å². The van der Waals surface area contributed by atoms with Crippen molar-refractivity contribution in [2.75, 3.05) is 29.9 Å². The fourth-order valence-electron chi connectivity index (χ4n) is 2.47. The molecule has 1 aliphatic rings. The zero-order chi connectivity index (χ0) is 13.2. The average molecular weight is 248 g/mol. The van der Waals surface area contributed by atoms with Crippen molar-refractivity contribution in [3.8, 4) is 0 Å². The van der Waals surface area contributed by atoms with Gasteiger partial charge in [-0.25, -0.2) is 9.97 Å². The van der Waals surface area contributed by atoms with E-state index >= 15 is 0 Å². The second-order valence-corrected chi connectivity index (χ2v) is 6.09. The average Bonchev–Trinajstić information content (AvgIpc) is 2.78. The molecule has 0 amide bonds. The molecule has 0 aromatic carbocycles.